The van der Waals surface area contributed by atoms with Crippen LogP contribution in [0, 0.1) is 0 Å². The van der Waals surface area contributed by atoms with Crippen LogP contribution < -0.4 is 5.73 Å². The molecule has 1 aliphatic rings. The lowest BCUT2D eigenvalue weighted by molar-refractivity contribution is -0.0823. The van der Waals surface area contributed by atoms with Gasteiger partial charge in [0.1, 0.15) is 18.3 Å². The van der Waals surface area contributed by atoms with E-state index >= 15 is 0 Å². The maximum absolute atomic E-state index is 6.50. The SMILES string of the molecule is CC(C)(C)[Si](C)(C)OC[C@@H]1O[C@H](CN)[C@@H](OCc2ccccc2)[C@@H]1OCc1ccccc1. The maximum atomic E-state index is 6.50. The van der Waals surface area contributed by atoms with Crippen molar-refractivity contribution in [3.63, 3.8) is 0 Å². The van der Waals surface area contributed by atoms with Crippen molar-refractivity contribution in [1.82, 2.24) is 0 Å². The molecule has 0 spiro atoms. The lowest BCUT2D eigenvalue weighted by Crippen LogP contribution is -2.45. The summed E-state index contributed by atoms with van der Waals surface area (Å²) in [6.07, 6.45) is -0.955. The Bertz CT molecular complexity index is 810. The minimum Gasteiger partial charge on any atom is -0.414 e. The Morgan fingerprint density at radius 1 is 0.812 bits per heavy atom. The van der Waals surface area contributed by atoms with Crippen molar-refractivity contribution in [2.24, 2.45) is 5.73 Å². The van der Waals surface area contributed by atoms with E-state index in [0.717, 1.165) is 11.1 Å². The number of ether oxygens (including phenoxy) is 3. The molecule has 2 aromatic carbocycles. The Kier molecular flexibility index (Phi) is 8.66. The van der Waals surface area contributed by atoms with Crippen LogP contribution in [0.4, 0.5) is 0 Å². The Morgan fingerprint density at radius 3 is 1.72 bits per heavy atom. The zero-order chi connectivity index (χ0) is 23.2. The van der Waals surface area contributed by atoms with Crippen molar-refractivity contribution in [2.75, 3.05) is 13.2 Å². The Labute approximate surface area is 194 Å². The molecule has 5 nitrogen and oxygen atoms in total. The third kappa shape index (κ3) is 6.50. The lowest BCUT2D eigenvalue weighted by Gasteiger charge is -2.37. The molecule has 0 unspecified atom stereocenters. The van der Waals surface area contributed by atoms with Crippen molar-refractivity contribution >= 4 is 8.32 Å². The molecule has 0 aromatic heterocycles. The summed E-state index contributed by atoms with van der Waals surface area (Å²) in [4.78, 5) is 0. The van der Waals surface area contributed by atoms with Gasteiger partial charge in [-0.15, -0.1) is 0 Å². The van der Waals surface area contributed by atoms with Crippen LogP contribution in [0.3, 0.4) is 0 Å². The van der Waals surface area contributed by atoms with E-state index in [2.05, 4.69) is 58.1 Å². The first-order valence-corrected chi connectivity index (χ1v) is 14.4. The van der Waals surface area contributed by atoms with Crippen molar-refractivity contribution in [3.05, 3.63) is 71.8 Å². The number of nitrogens with two attached hydrogens (primary N) is 1. The molecule has 3 rings (SSSR count). The topological polar surface area (TPSA) is 62.9 Å². The van der Waals surface area contributed by atoms with Gasteiger partial charge in [-0.1, -0.05) is 81.4 Å². The second-order valence-electron chi connectivity index (χ2n) is 10.0. The molecule has 2 N–H and O–H groups in total. The van der Waals surface area contributed by atoms with Gasteiger partial charge in [-0.25, -0.2) is 0 Å². The molecule has 0 bridgehead atoms. The van der Waals surface area contributed by atoms with Gasteiger partial charge in [0, 0.05) is 6.54 Å². The summed E-state index contributed by atoms with van der Waals surface area (Å²) in [6.45, 7) is 13.1. The van der Waals surface area contributed by atoms with E-state index in [1.165, 1.54) is 0 Å². The monoisotopic (exact) mass is 457 g/mol. The van der Waals surface area contributed by atoms with Gasteiger partial charge in [0.25, 0.3) is 0 Å². The molecule has 2 aromatic rings. The van der Waals surface area contributed by atoms with Gasteiger partial charge in [0.05, 0.1) is 25.9 Å². The van der Waals surface area contributed by atoms with Gasteiger partial charge >= 0.3 is 0 Å². The van der Waals surface area contributed by atoms with Crippen LogP contribution in [0.25, 0.3) is 0 Å². The highest BCUT2D eigenvalue weighted by atomic mass is 28.4. The number of benzene rings is 2. The summed E-state index contributed by atoms with van der Waals surface area (Å²) < 4.78 is 25.6. The second kappa shape index (κ2) is 11.1. The summed E-state index contributed by atoms with van der Waals surface area (Å²) >= 11 is 0. The second-order valence-corrected chi connectivity index (χ2v) is 14.9. The first-order chi connectivity index (χ1) is 15.2. The van der Waals surface area contributed by atoms with Crippen LogP contribution in [-0.4, -0.2) is 45.9 Å². The fourth-order valence-electron chi connectivity index (χ4n) is 3.57. The largest absolute Gasteiger partial charge is 0.414 e. The van der Waals surface area contributed by atoms with Crippen LogP contribution in [0.5, 0.6) is 0 Å². The zero-order valence-corrected chi connectivity index (χ0v) is 21.1. The summed E-state index contributed by atoms with van der Waals surface area (Å²) in [5.41, 5.74) is 8.32. The normalized spacial score (nSPS) is 24.1. The molecule has 176 valence electrons. The first kappa shape index (κ1) is 25.1. The predicted octanol–water partition coefficient (Wildman–Crippen LogP) is 4.91. The first-order valence-electron chi connectivity index (χ1n) is 11.5. The van der Waals surface area contributed by atoms with Gasteiger partial charge in [-0.05, 0) is 29.3 Å². The van der Waals surface area contributed by atoms with E-state index in [1.54, 1.807) is 0 Å². The molecule has 1 heterocycles. The van der Waals surface area contributed by atoms with Crippen LogP contribution >= 0.6 is 0 Å². The number of rotatable bonds is 10. The average molecular weight is 458 g/mol. The van der Waals surface area contributed by atoms with Crippen molar-refractivity contribution in [1.29, 1.82) is 0 Å². The van der Waals surface area contributed by atoms with Crippen LogP contribution in [0.15, 0.2) is 60.7 Å². The molecule has 1 saturated heterocycles. The summed E-state index contributed by atoms with van der Waals surface area (Å²) in [7, 11) is -1.92. The van der Waals surface area contributed by atoms with Gasteiger partial charge in [-0.2, -0.15) is 0 Å². The van der Waals surface area contributed by atoms with Crippen molar-refractivity contribution in [2.45, 2.75) is 76.5 Å². The van der Waals surface area contributed by atoms with Crippen LogP contribution in [0.2, 0.25) is 18.1 Å². The smallest absolute Gasteiger partial charge is 0.192 e. The highest BCUT2D eigenvalue weighted by Gasteiger charge is 2.47. The Morgan fingerprint density at radius 2 is 1.28 bits per heavy atom. The maximum Gasteiger partial charge on any atom is 0.192 e. The fourth-order valence-corrected chi connectivity index (χ4v) is 4.58. The Balaban J connectivity index is 1.73. The van der Waals surface area contributed by atoms with Gasteiger partial charge < -0.3 is 24.4 Å². The van der Waals surface area contributed by atoms with E-state index in [-0.39, 0.29) is 29.5 Å². The molecule has 0 amide bonds. The minimum absolute atomic E-state index is 0.127. The molecule has 0 radical (unpaired) electrons. The predicted molar refractivity (Wildman–Crippen MR) is 131 cm³/mol. The summed E-state index contributed by atoms with van der Waals surface area (Å²) in [5.74, 6) is 0. The molecule has 0 aliphatic carbocycles. The van der Waals surface area contributed by atoms with E-state index in [4.69, 9.17) is 24.4 Å². The quantitative estimate of drug-likeness (QED) is 0.514. The summed E-state index contributed by atoms with van der Waals surface area (Å²) in [5, 5.41) is 0.127. The average Bonchev–Trinajstić information content (AvgIpc) is 3.12. The Hall–Kier alpha value is -1.54. The molecule has 4 atom stereocenters. The van der Waals surface area contributed by atoms with E-state index < -0.39 is 8.32 Å². The van der Waals surface area contributed by atoms with Gasteiger partial charge in [-0.3, -0.25) is 0 Å². The lowest BCUT2D eigenvalue weighted by atomic mass is 10.1. The highest BCUT2D eigenvalue weighted by molar-refractivity contribution is 6.74. The van der Waals surface area contributed by atoms with E-state index in [1.807, 2.05) is 36.4 Å². The molecule has 32 heavy (non-hydrogen) atoms. The van der Waals surface area contributed by atoms with Crippen molar-refractivity contribution < 1.29 is 18.6 Å². The number of hydrogen-bond acceptors (Lipinski definition) is 5. The molecular formula is C26H39NO4Si. The zero-order valence-electron chi connectivity index (χ0n) is 20.1. The third-order valence-corrected chi connectivity index (χ3v) is 11.1. The molecule has 0 saturated carbocycles. The molecule has 6 heteroatoms. The van der Waals surface area contributed by atoms with Gasteiger partial charge in [0.15, 0.2) is 8.32 Å². The van der Waals surface area contributed by atoms with Crippen molar-refractivity contribution in [3.8, 4) is 0 Å². The van der Waals surface area contributed by atoms with Crippen LogP contribution in [0.1, 0.15) is 31.9 Å². The minimum atomic E-state index is -1.92. The molecule has 1 aliphatic heterocycles. The number of hydrogen-bond donors (Lipinski definition) is 1. The highest BCUT2D eigenvalue weighted by Crippen LogP contribution is 2.37. The molecule has 1 fully saturated rings. The van der Waals surface area contributed by atoms with Crippen LogP contribution in [-0.2, 0) is 31.9 Å². The van der Waals surface area contributed by atoms with E-state index in [9.17, 15) is 0 Å². The fraction of sp³-hybridized carbons (Fsp3) is 0.538. The third-order valence-electron chi connectivity index (χ3n) is 6.62. The molecular weight excluding hydrogens is 418 g/mol. The summed E-state index contributed by atoms with van der Waals surface area (Å²) in [6, 6.07) is 20.3. The standard InChI is InChI=1S/C26H39NO4Si/c1-26(2,3)32(4,5)30-19-23-25(29-18-21-14-10-7-11-15-21)24(22(16-27)31-23)28-17-20-12-8-6-9-13-20/h6-15,22-25H,16-19,27H2,1-5H3/t22-,23+,24-,25-/m1/s1. The van der Waals surface area contributed by atoms with Gasteiger partial charge in [0.2, 0.25) is 0 Å². The van der Waals surface area contributed by atoms with E-state index in [0.29, 0.717) is 26.4 Å².